The molecule has 5 rings (SSSR count). The van der Waals surface area contributed by atoms with Crippen LogP contribution in [0, 0.1) is 5.92 Å². The van der Waals surface area contributed by atoms with Crippen LogP contribution in [-0.2, 0) is 49.0 Å². The lowest BCUT2D eigenvalue weighted by Gasteiger charge is -2.35. The van der Waals surface area contributed by atoms with Crippen LogP contribution in [0.15, 0.2) is 29.1 Å². The maximum atomic E-state index is 13.9. The number of carbonyl (C=O) groups excluding carboxylic acids is 3. The molecule has 44 heavy (non-hydrogen) atoms. The summed E-state index contributed by atoms with van der Waals surface area (Å²) in [6.07, 6.45) is 1.25. The van der Waals surface area contributed by atoms with Crippen molar-refractivity contribution < 1.29 is 29.0 Å². The van der Waals surface area contributed by atoms with E-state index < -0.39 is 17.5 Å². The van der Waals surface area contributed by atoms with Gasteiger partial charge >= 0.3 is 11.9 Å². The van der Waals surface area contributed by atoms with Gasteiger partial charge in [0.1, 0.15) is 18.1 Å². The number of nitrogens with zero attached hydrogens (tertiary/aromatic N) is 2. The molecule has 234 valence electrons. The number of cyclic esters (lactones) is 1. The van der Waals surface area contributed by atoms with Gasteiger partial charge in [0.05, 0.1) is 35.4 Å². The SMILES string of the molecule is CCc1c2c(nc3ccc(O)cc13)-c1cc3c(c(=O)n1C2)COC(=O)[C@@]3(CC)OC(=O)CCSSC(C)(C)CC(=O)C(C)C. The highest BCUT2D eigenvalue weighted by atomic mass is 33.1. The number of carbonyl (C=O) groups is 3. The summed E-state index contributed by atoms with van der Waals surface area (Å²) in [7, 11) is 3.03. The highest BCUT2D eigenvalue weighted by Crippen LogP contribution is 2.43. The van der Waals surface area contributed by atoms with E-state index in [2.05, 4.69) is 0 Å². The Morgan fingerprint density at radius 2 is 1.93 bits per heavy atom. The summed E-state index contributed by atoms with van der Waals surface area (Å²) in [6.45, 7) is 11.6. The van der Waals surface area contributed by atoms with Crippen LogP contribution in [-0.4, -0.2) is 42.9 Å². The molecular formula is C33H38N2O7S2. The van der Waals surface area contributed by atoms with Crippen molar-refractivity contribution in [2.45, 2.75) is 90.7 Å². The maximum Gasteiger partial charge on any atom is 0.355 e. The fourth-order valence-corrected chi connectivity index (χ4v) is 8.42. The predicted molar refractivity (Wildman–Crippen MR) is 173 cm³/mol. The van der Waals surface area contributed by atoms with Crippen LogP contribution in [0.2, 0.25) is 0 Å². The standard InChI is InChI=1S/C33H38N2O7S2/c1-7-20-21-13-19(36)9-10-25(21)34-29-22(20)16-35-26(29)14-24-23(30(35)39)17-41-31(40)33(24,8-2)42-28(38)11-12-43-44-32(5,6)15-27(37)18(3)4/h9-10,13-14,18,36H,7-8,11-12,15-17H2,1-6H3/t33-/m0/s1. The van der Waals surface area contributed by atoms with Crippen LogP contribution < -0.4 is 5.56 Å². The van der Waals surface area contributed by atoms with Crippen LogP contribution in [0.5, 0.6) is 5.75 Å². The molecule has 2 aliphatic heterocycles. The van der Waals surface area contributed by atoms with Crippen molar-refractivity contribution in [1.82, 2.24) is 9.55 Å². The van der Waals surface area contributed by atoms with Gasteiger partial charge in [0.15, 0.2) is 0 Å². The number of hydrogen-bond donors (Lipinski definition) is 1. The first kappa shape index (κ1) is 32.1. The average Bonchev–Trinajstić information content (AvgIpc) is 3.34. The van der Waals surface area contributed by atoms with Crippen LogP contribution in [0.4, 0.5) is 0 Å². The van der Waals surface area contributed by atoms with Gasteiger partial charge in [-0.25, -0.2) is 9.78 Å². The number of fused-ring (bicyclic) bond motifs is 5. The van der Waals surface area contributed by atoms with E-state index in [1.807, 2.05) is 34.6 Å². The fourth-order valence-electron chi connectivity index (χ4n) is 5.94. The molecule has 1 aromatic carbocycles. The third-order valence-electron chi connectivity index (χ3n) is 8.32. The first-order valence-electron chi connectivity index (χ1n) is 15.0. The van der Waals surface area contributed by atoms with E-state index in [1.165, 1.54) is 10.8 Å². The second-order valence-electron chi connectivity index (χ2n) is 12.2. The maximum absolute atomic E-state index is 13.9. The normalized spacial score (nSPS) is 17.3. The van der Waals surface area contributed by atoms with Crippen molar-refractivity contribution in [3.8, 4) is 17.1 Å². The van der Waals surface area contributed by atoms with E-state index in [0.29, 0.717) is 47.6 Å². The third-order valence-corrected chi connectivity index (χ3v) is 11.6. The van der Waals surface area contributed by atoms with Crippen molar-refractivity contribution in [1.29, 1.82) is 0 Å². The summed E-state index contributed by atoms with van der Waals surface area (Å²) in [5.74, 6) is -0.533. The first-order chi connectivity index (χ1) is 20.8. The van der Waals surface area contributed by atoms with E-state index >= 15 is 0 Å². The minimum Gasteiger partial charge on any atom is -0.508 e. The summed E-state index contributed by atoms with van der Waals surface area (Å²) >= 11 is 0. The lowest BCUT2D eigenvalue weighted by atomic mass is 9.85. The molecule has 4 heterocycles. The fraction of sp³-hybridized carbons (Fsp3) is 0.485. The predicted octanol–water partition coefficient (Wildman–Crippen LogP) is 6.06. The Hall–Kier alpha value is -3.31. The molecule has 9 nitrogen and oxygen atoms in total. The van der Waals surface area contributed by atoms with Gasteiger partial charge in [-0.1, -0.05) is 49.3 Å². The Morgan fingerprint density at radius 3 is 2.61 bits per heavy atom. The average molecular weight is 639 g/mol. The van der Waals surface area contributed by atoms with Crippen LogP contribution >= 0.6 is 21.6 Å². The Kier molecular flexibility index (Phi) is 8.92. The summed E-state index contributed by atoms with van der Waals surface area (Å²) in [5.41, 5.74) is 2.35. The molecule has 11 heteroatoms. The second-order valence-corrected chi connectivity index (χ2v) is 15.4. The minimum absolute atomic E-state index is 0.0285. The number of esters is 2. The molecule has 0 saturated carbocycles. The zero-order chi connectivity index (χ0) is 32.0. The number of hydrogen-bond acceptors (Lipinski definition) is 10. The Bertz CT molecular complexity index is 1730. The number of pyridine rings is 2. The smallest absolute Gasteiger partial charge is 0.355 e. The zero-order valence-electron chi connectivity index (χ0n) is 25.9. The topological polar surface area (TPSA) is 125 Å². The summed E-state index contributed by atoms with van der Waals surface area (Å²) in [6, 6.07) is 6.78. The molecule has 0 radical (unpaired) electrons. The van der Waals surface area contributed by atoms with Gasteiger partial charge < -0.3 is 19.1 Å². The number of aromatic hydroxyl groups is 1. The van der Waals surface area contributed by atoms with Crippen molar-refractivity contribution in [2.24, 2.45) is 5.92 Å². The number of aromatic nitrogens is 2. The summed E-state index contributed by atoms with van der Waals surface area (Å²) < 4.78 is 12.7. The van der Waals surface area contributed by atoms with Crippen LogP contribution in [0.25, 0.3) is 22.3 Å². The lowest BCUT2D eigenvalue weighted by molar-refractivity contribution is -0.189. The number of aryl methyl sites for hydroxylation is 1. The highest BCUT2D eigenvalue weighted by molar-refractivity contribution is 8.77. The molecule has 0 saturated heterocycles. The van der Waals surface area contributed by atoms with Crippen molar-refractivity contribution in [3.05, 3.63) is 56.9 Å². The molecular weight excluding hydrogens is 601 g/mol. The lowest BCUT2D eigenvalue weighted by Crippen LogP contribution is -2.47. The van der Waals surface area contributed by atoms with Gasteiger partial charge in [-0.05, 0) is 56.5 Å². The number of Topliss-reactive ketones (excluding diaryl/α,β-unsaturated/α-hetero) is 1. The molecule has 1 N–H and O–H groups in total. The molecule has 0 unspecified atom stereocenters. The van der Waals surface area contributed by atoms with Gasteiger partial charge in [0.2, 0.25) is 5.60 Å². The number of phenols is 1. The number of benzene rings is 1. The summed E-state index contributed by atoms with van der Waals surface area (Å²) in [5, 5.41) is 10.9. The van der Waals surface area contributed by atoms with Gasteiger partial charge in [-0.2, -0.15) is 0 Å². The Balaban J connectivity index is 1.43. The van der Waals surface area contributed by atoms with Gasteiger partial charge in [0, 0.05) is 39.4 Å². The quantitative estimate of drug-likeness (QED) is 0.118. The molecule has 0 amide bonds. The molecule has 0 aliphatic carbocycles. The van der Waals surface area contributed by atoms with E-state index in [4.69, 9.17) is 14.5 Å². The van der Waals surface area contributed by atoms with Gasteiger partial charge in [-0.15, -0.1) is 0 Å². The zero-order valence-corrected chi connectivity index (χ0v) is 27.6. The third kappa shape index (κ3) is 5.76. The largest absolute Gasteiger partial charge is 0.508 e. The molecule has 3 aromatic rings. The van der Waals surface area contributed by atoms with Crippen molar-refractivity contribution in [3.63, 3.8) is 0 Å². The number of rotatable bonds is 11. The molecule has 2 aromatic heterocycles. The van der Waals surface area contributed by atoms with E-state index in [0.717, 1.165) is 16.5 Å². The van der Waals surface area contributed by atoms with Crippen LogP contribution in [0.1, 0.15) is 83.1 Å². The molecule has 1 atom stereocenters. The van der Waals surface area contributed by atoms with Crippen molar-refractivity contribution in [2.75, 3.05) is 5.75 Å². The van der Waals surface area contributed by atoms with Crippen LogP contribution in [0.3, 0.4) is 0 Å². The Labute approximate surface area is 264 Å². The van der Waals surface area contributed by atoms with E-state index in [9.17, 15) is 24.3 Å². The molecule has 0 fully saturated rings. The van der Waals surface area contributed by atoms with E-state index in [-0.39, 0.29) is 52.8 Å². The number of ether oxygens (including phenoxy) is 2. The van der Waals surface area contributed by atoms with Gasteiger partial charge in [0.25, 0.3) is 5.56 Å². The Morgan fingerprint density at radius 1 is 1.18 bits per heavy atom. The van der Waals surface area contributed by atoms with E-state index in [1.54, 1.807) is 46.6 Å². The molecule has 0 bridgehead atoms. The number of ketones is 1. The molecule has 2 aliphatic rings. The second kappa shape index (κ2) is 12.2. The first-order valence-corrected chi connectivity index (χ1v) is 17.3. The summed E-state index contributed by atoms with van der Waals surface area (Å²) in [4.78, 5) is 57.5. The van der Waals surface area contributed by atoms with Crippen molar-refractivity contribution >= 4 is 50.2 Å². The monoisotopic (exact) mass is 638 g/mol. The number of phenolic OH excluding ortho intramolecular Hbond substituents is 1. The minimum atomic E-state index is -1.75. The van der Waals surface area contributed by atoms with Gasteiger partial charge in [-0.3, -0.25) is 14.4 Å². The molecule has 0 spiro atoms. The highest BCUT2D eigenvalue weighted by Gasteiger charge is 2.50.